The van der Waals surface area contributed by atoms with Gasteiger partial charge in [0.1, 0.15) is 11.4 Å². The minimum Gasteiger partial charge on any atom is -0.368 e. The number of hydrogen-bond donors (Lipinski definition) is 1. The van der Waals surface area contributed by atoms with Crippen molar-refractivity contribution in [2.24, 2.45) is 17.6 Å². The predicted octanol–water partition coefficient (Wildman–Crippen LogP) is 5.48. The fraction of sp³-hybridized carbons (Fsp3) is 0.560. The molecule has 7 heteroatoms. The molecule has 0 atom stereocenters. The second-order valence-corrected chi connectivity index (χ2v) is 9.60. The van der Waals surface area contributed by atoms with Crippen LogP contribution >= 0.6 is 0 Å². The third kappa shape index (κ3) is 3.33. The maximum Gasteiger partial charge on any atom is 0.244 e. The van der Waals surface area contributed by atoms with E-state index in [1.54, 1.807) is 6.07 Å². The van der Waals surface area contributed by atoms with Gasteiger partial charge < -0.3 is 14.8 Å². The second-order valence-electron chi connectivity index (χ2n) is 9.60. The lowest BCUT2D eigenvalue weighted by molar-refractivity contribution is -0.135. The van der Waals surface area contributed by atoms with Crippen molar-refractivity contribution in [3.05, 3.63) is 35.8 Å². The number of nitrogens with two attached hydrogens (primary N) is 1. The molecule has 6 nitrogen and oxygen atoms in total. The molecular formula is C25H31FN4O2. The fourth-order valence-electron chi connectivity index (χ4n) is 6.35. The van der Waals surface area contributed by atoms with Gasteiger partial charge in [0.2, 0.25) is 11.7 Å². The van der Waals surface area contributed by atoms with Crippen LogP contribution in [-0.4, -0.2) is 20.6 Å². The van der Waals surface area contributed by atoms with Crippen molar-refractivity contribution in [1.82, 2.24) is 14.7 Å². The predicted molar refractivity (Wildman–Crippen MR) is 120 cm³/mol. The summed E-state index contributed by atoms with van der Waals surface area (Å²) >= 11 is 0. The molecule has 2 fully saturated rings. The van der Waals surface area contributed by atoms with Crippen LogP contribution in [0.5, 0.6) is 0 Å². The first-order valence-electron chi connectivity index (χ1n) is 11.9. The van der Waals surface area contributed by atoms with Crippen molar-refractivity contribution in [1.29, 1.82) is 0 Å². The monoisotopic (exact) mass is 438 g/mol. The third-order valence-electron chi connectivity index (χ3n) is 7.68. The lowest BCUT2D eigenvalue weighted by atomic mass is 9.63. The largest absolute Gasteiger partial charge is 0.368 e. The van der Waals surface area contributed by atoms with E-state index in [9.17, 15) is 9.18 Å². The molecule has 2 aliphatic carbocycles. The highest BCUT2D eigenvalue weighted by atomic mass is 19.1. The molecule has 170 valence electrons. The zero-order chi connectivity index (χ0) is 22.3. The number of benzene rings is 1. The highest BCUT2D eigenvalue weighted by Crippen LogP contribution is 2.50. The van der Waals surface area contributed by atoms with Gasteiger partial charge in [0.25, 0.3) is 0 Å². The number of amides is 1. The minimum absolute atomic E-state index is 0.0836. The maximum absolute atomic E-state index is 14.5. The molecule has 0 aliphatic heterocycles. The molecule has 3 aromatic rings. The molecule has 0 unspecified atom stereocenters. The molecule has 0 saturated heterocycles. The SMILES string of the molecule is Cc1cc(-c2nc3ccc(F)cc3n2C(C(N)=O)(C2CCCCC2)C2CCCCC2)on1. The summed E-state index contributed by atoms with van der Waals surface area (Å²) in [5.41, 5.74) is 7.37. The Morgan fingerprint density at radius 2 is 1.69 bits per heavy atom. The number of imidazole rings is 1. The van der Waals surface area contributed by atoms with E-state index in [0.29, 0.717) is 22.6 Å². The van der Waals surface area contributed by atoms with Gasteiger partial charge in [-0.1, -0.05) is 43.7 Å². The number of fused-ring (bicyclic) bond motifs is 1. The summed E-state index contributed by atoms with van der Waals surface area (Å²) in [6, 6.07) is 6.38. The number of primary amides is 1. The number of rotatable bonds is 5. The van der Waals surface area contributed by atoms with E-state index in [1.165, 1.54) is 25.0 Å². The van der Waals surface area contributed by atoms with E-state index in [0.717, 1.165) is 57.1 Å². The van der Waals surface area contributed by atoms with Crippen LogP contribution in [0.1, 0.15) is 69.9 Å². The Morgan fingerprint density at radius 3 is 2.22 bits per heavy atom. The number of halogens is 1. The van der Waals surface area contributed by atoms with E-state index in [4.69, 9.17) is 15.2 Å². The molecule has 1 aromatic carbocycles. The maximum atomic E-state index is 14.5. The van der Waals surface area contributed by atoms with Crippen molar-refractivity contribution in [3.63, 3.8) is 0 Å². The van der Waals surface area contributed by atoms with Gasteiger partial charge in [-0.15, -0.1) is 0 Å². The van der Waals surface area contributed by atoms with Crippen LogP contribution in [0.15, 0.2) is 28.8 Å². The summed E-state index contributed by atoms with van der Waals surface area (Å²) in [5.74, 6) is 0.472. The van der Waals surface area contributed by atoms with Gasteiger partial charge in [-0.25, -0.2) is 9.37 Å². The van der Waals surface area contributed by atoms with Crippen molar-refractivity contribution in [3.8, 4) is 11.6 Å². The molecule has 32 heavy (non-hydrogen) atoms. The molecular weight excluding hydrogens is 407 g/mol. The zero-order valence-corrected chi connectivity index (χ0v) is 18.6. The normalized spacial score (nSPS) is 18.9. The highest BCUT2D eigenvalue weighted by molar-refractivity contribution is 5.89. The van der Waals surface area contributed by atoms with Crippen molar-refractivity contribution < 1.29 is 13.7 Å². The lowest BCUT2D eigenvalue weighted by Gasteiger charge is -2.48. The minimum atomic E-state index is -0.973. The van der Waals surface area contributed by atoms with Crippen molar-refractivity contribution in [2.45, 2.75) is 76.7 Å². The summed E-state index contributed by atoms with van der Waals surface area (Å²) in [6.07, 6.45) is 10.4. The number of nitrogens with zero attached hydrogens (tertiary/aromatic N) is 3. The summed E-state index contributed by atoms with van der Waals surface area (Å²) < 4.78 is 22.1. The first-order valence-corrected chi connectivity index (χ1v) is 11.9. The number of hydrogen-bond acceptors (Lipinski definition) is 4. The zero-order valence-electron chi connectivity index (χ0n) is 18.6. The van der Waals surface area contributed by atoms with Gasteiger partial charge >= 0.3 is 0 Å². The first-order chi connectivity index (χ1) is 15.5. The molecule has 0 radical (unpaired) electrons. The Morgan fingerprint density at radius 1 is 1.06 bits per heavy atom. The standard InChI is InChI=1S/C25H31FN4O2/c1-16-14-22(32-29-16)23-28-20-13-12-19(26)15-21(20)30(23)25(24(27)31,17-8-4-2-5-9-17)18-10-6-3-7-11-18/h12-15,17-18H,2-11H2,1H3,(H2,27,31). The average Bonchev–Trinajstić information content (AvgIpc) is 3.39. The fourth-order valence-corrected chi connectivity index (χ4v) is 6.35. The topological polar surface area (TPSA) is 86.9 Å². The van der Waals surface area contributed by atoms with E-state index in [2.05, 4.69) is 5.16 Å². The second kappa shape index (κ2) is 8.34. The molecule has 2 aromatic heterocycles. The third-order valence-corrected chi connectivity index (χ3v) is 7.68. The quantitative estimate of drug-likeness (QED) is 0.571. The van der Waals surface area contributed by atoms with E-state index in [-0.39, 0.29) is 23.6 Å². The Labute approximate surface area is 187 Å². The van der Waals surface area contributed by atoms with Crippen LogP contribution in [0, 0.1) is 24.6 Å². The van der Waals surface area contributed by atoms with Gasteiger partial charge in [0.05, 0.1) is 16.7 Å². The Hall–Kier alpha value is -2.70. The number of carbonyl (C=O) groups excluding carboxylic acids is 1. The Kier molecular flexibility index (Phi) is 5.51. The van der Waals surface area contributed by atoms with Crippen LogP contribution in [0.2, 0.25) is 0 Å². The van der Waals surface area contributed by atoms with Gasteiger partial charge in [-0.3, -0.25) is 4.79 Å². The smallest absolute Gasteiger partial charge is 0.244 e. The molecule has 0 spiro atoms. The highest BCUT2D eigenvalue weighted by Gasteiger charge is 2.53. The molecule has 5 rings (SSSR count). The Balaban J connectivity index is 1.84. The average molecular weight is 439 g/mol. The summed E-state index contributed by atoms with van der Waals surface area (Å²) in [4.78, 5) is 18.5. The summed E-state index contributed by atoms with van der Waals surface area (Å²) in [7, 11) is 0. The van der Waals surface area contributed by atoms with Gasteiger partial charge in [0.15, 0.2) is 5.82 Å². The number of aromatic nitrogens is 3. The first kappa shape index (κ1) is 21.2. The molecule has 0 bridgehead atoms. The number of aryl methyl sites for hydroxylation is 1. The van der Waals surface area contributed by atoms with Crippen molar-refractivity contribution >= 4 is 16.9 Å². The molecule has 2 N–H and O–H groups in total. The Bertz CT molecular complexity index is 1100. The van der Waals surface area contributed by atoms with Crippen LogP contribution in [0.4, 0.5) is 4.39 Å². The summed E-state index contributed by atoms with van der Waals surface area (Å²) in [5, 5.41) is 4.06. The van der Waals surface area contributed by atoms with E-state index < -0.39 is 5.54 Å². The van der Waals surface area contributed by atoms with Gasteiger partial charge in [-0.2, -0.15) is 0 Å². The van der Waals surface area contributed by atoms with Crippen LogP contribution in [-0.2, 0) is 10.3 Å². The van der Waals surface area contributed by atoms with Crippen LogP contribution in [0.25, 0.3) is 22.6 Å². The van der Waals surface area contributed by atoms with Gasteiger partial charge in [0, 0.05) is 6.07 Å². The van der Waals surface area contributed by atoms with Crippen LogP contribution < -0.4 is 5.73 Å². The molecule has 2 heterocycles. The lowest BCUT2D eigenvalue weighted by Crippen LogP contribution is -2.58. The molecule has 2 aliphatic rings. The molecule has 2 saturated carbocycles. The van der Waals surface area contributed by atoms with Gasteiger partial charge in [-0.05, 0) is 62.6 Å². The van der Waals surface area contributed by atoms with E-state index >= 15 is 0 Å². The van der Waals surface area contributed by atoms with E-state index in [1.807, 2.05) is 17.6 Å². The van der Waals surface area contributed by atoms with Crippen LogP contribution in [0.3, 0.4) is 0 Å². The summed E-state index contributed by atoms with van der Waals surface area (Å²) in [6.45, 7) is 1.85. The number of carbonyl (C=O) groups is 1. The molecule has 1 amide bonds. The van der Waals surface area contributed by atoms with Crippen molar-refractivity contribution in [2.75, 3.05) is 0 Å².